The molecule has 0 unspecified atom stereocenters. The molecule has 0 saturated carbocycles. The molecule has 0 radical (unpaired) electrons. The van der Waals surface area contributed by atoms with Gasteiger partial charge in [-0.25, -0.2) is 4.79 Å². The quantitative estimate of drug-likeness (QED) is 0.548. The van der Waals surface area contributed by atoms with Crippen molar-refractivity contribution >= 4 is 34.9 Å². The van der Waals surface area contributed by atoms with Gasteiger partial charge in [-0.2, -0.15) is 0 Å². The van der Waals surface area contributed by atoms with Crippen LogP contribution in [0.25, 0.3) is 0 Å². The number of nitrogen functional groups attached to an aromatic ring is 1. The van der Waals surface area contributed by atoms with Gasteiger partial charge in [0, 0.05) is 17.8 Å². The van der Waals surface area contributed by atoms with Crippen molar-refractivity contribution in [2.45, 2.75) is 0 Å². The van der Waals surface area contributed by atoms with Crippen LogP contribution < -0.4 is 25.3 Å². The zero-order chi connectivity index (χ0) is 20.0. The van der Waals surface area contributed by atoms with Crippen LogP contribution in [0.3, 0.4) is 0 Å². The molecule has 0 fully saturated rings. The number of hydrogen-bond donors (Lipinski definition) is 2. The van der Waals surface area contributed by atoms with Gasteiger partial charge in [-0.05, 0) is 18.2 Å². The first-order chi connectivity index (χ1) is 12.9. The van der Waals surface area contributed by atoms with Crippen molar-refractivity contribution in [2.75, 3.05) is 39.0 Å². The van der Waals surface area contributed by atoms with Crippen molar-refractivity contribution in [3.8, 4) is 17.2 Å². The van der Waals surface area contributed by atoms with E-state index in [-0.39, 0.29) is 22.0 Å². The zero-order valence-electron chi connectivity index (χ0n) is 15.0. The minimum atomic E-state index is -0.767. The fraction of sp³-hybridized carbons (Fsp3) is 0.222. The van der Waals surface area contributed by atoms with Crippen molar-refractivity contribution in [1.82, 2.24) is 0 Å². The summed E-state index contributed by atoms with van der Waals surface area (Å²) in [6.07, 6.45) is 0. The standard InChI is InChI=1S/C18H19ClN2O6/c1-24-14-5-4-10(6-16(14)26-3)21-17(22)9-27-18(23)11-7-12(19)13(20)8-15(11)25-2/h4-8H,9,20H2,1-3H3,(H,21,22). The van der Waals surface area contributed by atoms with Crippen LogP contribution in [0.15, 0.2) is 30.3 Å². The van der Waals surface area contributed by atoms with Gasteiger partial charge in [0.1, 0.15) is 11.3 Å². The molecule has 2 aromatic carbocycles. The first-order valence-corrected chi connectivity index (χ1v) is 8.09. The number of nitrogens with two attached hydrogens (primary N) is 1. The molecular formula is C18H19ClN2O6. The van der Waals surface area contributed by atoms with E-state index in [4.69, 9.17) is 36.3 Å². The molecule has 0 heterocycles. The van der Waals surface area contributed by atoms with Gasteiger partial charge in [0.2, 0.25) is 0 Å². The first kappa shape index (κ1) is 20.2. The maximum Gasteiger partial charge on any atom is 0.342 e. The van der Waals surface area contributed by atoms with Gasteiger partial charge in [0.25, 0.3) is 5.91 Å². The van der Waals surface area contributed by atoms with E-state index in [1.165, 1.54) is 33.5 Å². The average molecular weight is 395 g/mol. The number of carbonyl (C=O) groups excluding carboxylic acids is 2. The van der Waals surface area contributed by atoms with E-state index in [2.05, 4.69) is 5.32 Å². The molecule has 0 saturated heterocycles. The van der Waals surface area contributed by atoms with Crippen molar-refractivity contribution in [3.05, 3.63) is 40.9 Å². The Balaban J connectivity index is 2.01. The third kappa shape index (κ3) is 4.95. The Morgan fingerprint density at radius 1 is 1.00 bits per heavy atom. The normalized spacial score (nSPS) is 10.1. The predicted octanol–water partition coefficient (Wildman–Crippen LogP) is 2.74. The molecule has 3 N–H and O–H groups in total. The number of esters is 1. The number of amides is 1. The van der Waals surface area contributed by atoms with Gasteiger partial charge >= 0.3 is 5.97 Å². The minimum absolute atomic E-state index is 0.0654. The van der Waals surface area contributed by atoms with E-state index in [9.17, 15) is 9.59 Å². The van der Waals surface area contributed by atoms with Crippen molar-refractivity contribution in [1.29, 1.82) is 0 Å². The zero-order valence-corrected chi connectivity index (χ0v) is 15.8. The third-order valence-corrected chi connectivity index (χ3v) is 3.87. The van der Waals surface area contributed by atoms with Crippen LogP contribution >= 0.6 is 11.6 Å². The molecule has 27 heavy (non-hydrogen) atoms. The van der Waals surface area contributed by atoms with Crippen molar-refractivity contribution in [3.63, 3.8) is 0 Å². The Morgan fingerprint density at radius 2 is 1.67 bits per heavy atom. The number of anilines is 2. The highest BCUT2D eigenvalue weighted by atomic mass is 35.5. The van der Waals surface area contributed by atoms with Gasteiger partial charge in [-0.3, -0.25) is 4.79 Å². The van der Waals surface area contributed by atoms with E-state index in [1.54, 1.807) is 18.2 Å². The monoisotopic (exact) mass is 394 g/mol. The van der Waals surface area contributed by atoms with Crippen LogP contribution in [-0.2, 0) is 9.53 Å². The predicted molar refractivity (Wildman–Crippen MR) is 101 cm³/mol. The molecule has 0 aliphatic heterocycles. The largest absolute Gasteiger partial charge is 0.496 e. The summed E-state index contributed by atoms with van der Waals surface area (Å²) in [6.45, 7) is -0.502. The second-order valence-corrected chi connectivity index (χ2v) is 5.68. The molecular weight excluding hydrogens is 376 g/mol. The lowest BCUT2D eigenvalue weighted by molar-refractivity contribution is -0.119. The van der Waals surface area contributed by atoms with Crippen LogP contribution in [0.4, 0.5) is 11.4 Å². The van der Waals surface area contributed by atoms with E-state index < -0.39 is 18.5 Å². The van der Waals surface area contributed by atoms with Gasteiger partial charge in [-0.15, -0.1) is 0 Å². The summed E-state index contributed by atoms with van der Waals surface area (Å²) in [4.78, 5) is 24.3. The Morgan fingerprint density at radius 3 is 2.30 bits per heavy atom. The van der Waals surface area contributed by atoms with E-state index >= 15 is 0 Å². The second kappa shape index (κ2) is 9.00. The fourth-order valence-electron chi connectivity index (χ4n) is 2.22. The van der Waals surface area contributed by atoms with Crippen LogP contribution in [0.1, 0.15) is 10.4 Å². The molecule has 8 nitrogen and oxygen atoms in total. The number of rotatable bonds is 7. The number of nitrogens with one attached hydrogen (secondary N) is 1. The lowest BCUT2D eigenvalue weighted by Crippen LogP contribution is -2.21. The first-order valence-electron chi connectivity index (χ1n) is 7.71. The fourth-order valence-corrected chi connectivity index (χ4v) is 2.38. The maximum absolute atomic E-state index is 12.2. The number of methoxy groups -OCH3 is 3. The number of halogens is 1. The molecule has 144 valence electrons. The summed E-state index contributed by atoms with van der Waals surface area (Å²) in [7, 11) is 4.37. The van der Waals surface area contributed by atoms with Gasteiger partial charge in [0.15, 0.2) is 18.1 Å². The summed E-state index contributed by atoms with van der Waals surface area (Å²) in [6, 6.07) is 7.58. The topological polar surface area (TPSA) is 109 Å². The minimum Gasteiger partial charge on any atom is -0.496 e. The average Bonchev–Trinajstić information content (AvgIpc) is 2.67. The molecule has 0 spiro atoms. The third-order valence-electron chi connectivity index (χ3n) is 3.54. The number of carbonyl (C=O) groups is 2. The SMILES string of the molecule is COc1ccc(NC(=O)COC(=O)c2cc(Cl)c(N)cc2OC)cc1OC. The Hall–Kier alpha value is -3.13. The second-order valence-electron chi connectivity index (χ2n) is 5.27. The summed E-state index contributed by atoms with van der Waals surface area (Å²) in [5.74, 6) is -0.128. The van der Waals surface area contributed by atoms with Gasteiger partial charge in [0.05, 0.1) is 32.0 Å². The number of hydrogen-bond acceptors (Lipinski definition) is 7. The molecule has 0 bridgehead atoms. The van der Waals surface area contributed by atoms with E-state index in [0.717, 1.165) is 0 Å². The molecule has 0 aliphatic rings. The highest BCUT2D eigenvalue weighted by Crippen LogP contribution is 2.30. The summed E-state index contributed by atoms with van der Waals surface area (Å²) >= 11 is 5.92. The molecule has 0 aliphatic carbocycles. The number of ether oxygens (including phenoxy) is 4. The smallest absolute Gasteiger partial charge is 0.342 e. The Kier molecular flexibility index (Phi) is 6.73. The van der Waals surface area contributed by atoms with E-state index in [0.29, 0.717) is 17.2 Å². The lowest BCUT2D eigenvalue weighted by Gasteiger charge is -2.12. The summed E-state index contributed by atoms with van der Waals surface area (Å²) in [5.41, 5.74) is 6.46. The summed E-state index contributed by atoms with van der Waals surface area (Å²) in [5, 5.41) is 2.77. The molecule has 9 heteroatoms. The van der Waals surface area contributed by atoms with Crippen LogP contribution in [0.5, 0.6) is 17.2 Å². The molecule has 0 atom stereocenters. The van der Waals surface area contributed by atoms with Gasteiger partial charge < -0.3 is 30.0 Å². The lowest BCUT2D eigenvalue weighted by atomic mass is 10.2. The Bertz CT molecular complexity index is 856. The number of benzene rings is 2. The van der Waals surface area contributed by atoms with Gasteiger partial charge in [-0.1, -0.05) is 11.6 Å². The summed E-state index contributed by atoms with van der Waals surface area (Å²) < 4.78 is 20.4. The molecule has 1 amide bonds. The van der Waals surface area contributed by atoms with Crippen LogP contribution in [0, 0.1) is 0 Å². The van der Waals surface area contributed by atoms with E-state index in [1.807, 2.05) is 0 Å². The Labute approximate surface area is 161 Å². The van der Waals surface area contributed by atoms with Crippen LogP contribution in [0.2, 0.25) is 5.02 Å². The highest BCUT2D eigenvalue weighted by Gasteiger charge is 2.18. The molecule has 2 aromatic rings. The maximum atomic E-state index is 12.2. The van der Waals surface area contributed by atoms with Crippen molar-refractivity contribution in [2.24, 2.45) is 0 Å². The molecule has 0 aromatic heterocycles. The molecule has 2 rings (SSSR count). The van der Waals surface area contributed by atoms with Crippen molar-refractivity contribution < 1.29 is 28.5 Å². The highest BCUT2D eigenvalue weighted by molar-refractivity contribution is 6.33. The van der Waals surface area contributed by atoms with Crippen LogP contribution in [-0.4, -0.2) is 39.8 Å².